The molecule has 0 unspecified atom stereocenters. The molecule has 0 aliphatic rings. The Morgan fingerprint density at radius 3 is 2.53 bits per heavy atom. The molecule has 104 valence electrons. The summed E-state index contributed by atoms with van der Waals surface area (Å²) in [6.45, 7) is 6.81. The predicted molar refractivity (Wildman–Crippen MR) is 71.4 cm³/mol. The van der Waals surface area contributed by atoms with Gasteiger partial charge in [-0.1, -0.05) is 0 Å². The number of carbonyl (C=O) groups is 1. The fourth-order valence-corrected chi connectivity index (χ4v) is 1.30. The first-order valence-electron chi connectivity index (χ1n) is 5.74. The topological polar surface area (TPSA) is 91.2 Å². The molecule has 6 heteroatoms. The first-order chi connectivity index (χ1) is 8.69. The molecular formula is C13H18N2O4. The van der Waals surface area contributed by atoms with Crippen molar-refractivity contribution < 1.29 is 19.7 Å². The highest BCUT2D eigenvalue weighted by molar-refractivity contribution is 6.01. The number of amides is 1. The quantitative estimate of drug-likeness (QED) is 0.435. The van der Waals surface area contributed by atoms with E-state index in [-0.39, 0.29) is 11.5 Å². The monoisotopic (exact) mass is 266 g/mol. The minimum atomic E-state index is -0.688. The molecule has 1 aromatic rings. The summed E-state index contributed by atoms with van der Waals surface area (Å²) in [5.74, 6) is -0.0374. The lowest BCUT2D eigenvalue weighted by Gasteiger charge is -2.18. The summed E-state index contributed by atoms with van der Waals surface area (Å²) in [5, 5.41) is 22.8. The van der Waals surface area contributed by atoms with Gasteiger partial charge in [-0.3, -0.25) is 0 Å². The Kier molecular flexibility index (Phi) is 4.37. The minimum Gasteiger partial charge on any atom is -0.508 e. The zero-order valence-corrected chi connectivity index (χ0v) is 11.4. The smallest absolute Gasteiger partial charge is 0.428 e. The Labute approximate surface area is 111 Å². The van der Waals surface area contributed by atoms with Crippen molar-refractivity contribution in [3.05, 3.63) is 23.8 Å². The molecule has 0 saturated heterocycles. The van der Waals surface area contributed by atoms with Gasteiger partial charge in [0.05, 0.1) is 5.71 Å². The number of nitrogens with one attached hydrogen (secondary N) is 1. The Morgan fingerprint density at radius 2 is 1.95 bits per heavy atom. The van der Waals surface area contributed by atoms with E-state index in [0.717, 1.165) is 0 Å². The number of phenolic OH excluding ortho intramolecular Hbond substituents is 2. The van der Waals surface area contributed by atoms with Gasteiger partial charge in [0.1, 0.15) is 17.1 Å². The third kappa shape index (κ3) is 4.87. The number of ether oxygens (including phenoxy) is 1. The molecule has 1 amide bonds. The Bertz CT molecular complexity index is 504. The maximum Gasteiger partial charge on any atom is 0.428 e. The Morgan fingerprint density at radius 1 is 1.32 bits per heavy atom. The SMILES string of the molecule is C/C(=N\NC(=O)OC(C)(C)C)c1cc(O)ccc1O. The first-order valence-corrected chi connectivity index (χ1v) is 5.74. The molecule has 3 N–H and O–H groups in total. The molecule has 0 spiro atoms. The molecule has 0 saturated carbocycles. The van der Waals surface area contributed by atoms with Gasteiger partial charge in [0.2, 0.25) is 0 Å². The van der Waals surface area contributed by atoms with E-state index in [4.69, 9.17) is 4.74 Å². The van der Waals surface area contributed by atoms with Crippen molar-refractivity contribution in [2.45, 2.75) is 33.3 Å². The van der Waals surface area contributed by atoms with Crippen LogP contribution in [0.25, 0.3) is 0 Å². The lowest BCUT2D eigenvalue weighted by Crippen LogP contribution is -2.30. The molecule has 0 fully saturated rings. The fourth-order valence-electron chi connectivity index (χ4n) is 1.30. The van der Waals surface area contributed by atoms with Crippen LogP contribution in [0.5, 0.6) is 11.5 Å². The van der Waals surface area contributed by atoms with Crippen LogP contribution in [0.1, 0.15) is 33.3 Å². The van der Waals surface area contributed by atoms with Gasteiger partial charge >= 0.3 is 6.09 Å². The predicted octanol–water partition coefficient (Wildman–Crippen LogP) is 2.35. The van der Waals surface area contributed by atoms with Crippen molar-refractivity contribution in [3.63, 3.8) is 0 Å². The molecule has 0 heterocycles. The molecule has 6 nitrogen and oxygen atoms in total. The maximum absolute atomic E-state index is 11.4. The lowest BCUT2D eigenvalue weighted by molar-refractivity contribution is 0.0529. The third-order valence-corrected chi connectivity index (χ3v) is 2.08. The zero-order chi connectivity index (χ0) is 14.6. The summed E-state index contributed by atoms with van der Waals surface area (Å²) < 4.78 is 5.01. The van der Waals surface area contributed by atoms with E-state index < -0.39 is 11.7 Å². The van der Waals surface area contributed by atoms with Crippen molar-refractivity contribution in [3.8, 4) is 11.5 Å². The number of hydrogen-bond donors (Lipinski definition) is 3. The van der Waals surface area contributed by atoms with Crippen molar-refractivity contribution >= 4 is 11.8 Å². The summed E-state index contributed by atoms with van der Waals surface area (Å²) in [4.78, 5) is 11.4. The summed E-state index contributed by atoms with van der Waals surface area (Å²) in [6.07, 6.45) is -0.688. The second-order valence-electron chi connectivity index (χ2n) is 5.01. The van der Waals surface area contributed by atoms with Crippen LogP contribution in [-0.2, 0) is 4.74 Å². The van der Waals surface area contributed by atoms with E-state index in [1.165, 1.54) is 18.2 Å². The average molecular weight is 266 g/mol. The number of phenols is 2. The highest BCUT2D eigenvalue weighted by Gasteiger charge is 2.15. The number of hydrazone groups is 1. The van der Waals surface area contributed by atoms with Crippen LogP contribution in [0.15, 0.2) is 23.3 Å². The van der Waals surface area contributed by atoms with E-state index in [2.05, 4.69) is 10.5 Å². The van der Waals surface area contributed by atoms with Gasteiger partial charge in [-0.2, -0.15) is 5.10 Å². The normalized spacial score (nSPS) is 12.1. The van der Waals surface area contributed by atoms with Gasteiger partial charge in [0, 0.05) is 5.56 Å². The van der Waals surface area contributed by atoms with Crippen LogP contribution in [0.2, 0.25) is 0 Å². The van der Waals surface area contributed by atoms with Crippen LogP contribution in [-0.4, -0.2) is 27.6 Å². The van der Waals surface area contributed by atoms with Crippen LogP contribution in [0.4, 0.5) is 4.79 Å². The van der Waals surface area contributed by atoms with E-state index in [1.807, 2.05) is 0 Å². The van der Waals surface area contributed by atoms with Gasteiger partial charge in [-0.05, 0) is 45.9 Å². The highest BCUT2D eigenvalue weighted by atomic mass is 16.6. The van der Waals surface area contributed by atoms with Crippen molar-refractivity contribution in [1.29, 1.82) is 0 Å². The van der Waals surface area contributed by atoms with Gasteiger partial charge in [0.15, 0.2) is 0 Å². The molecule has 0 radical (unpaired) electrons. The zero-order valence-electron chi connectivity index (χ0n) is 11.4. The molecule has 1 rings (SSSR count). The number of aromatic hydroxyl groups is 2. The third-order valence-electron chi connectivity index (χ3n) is 2.08. The molecular weight excluding hydrogens is 248 g/mol. The minimum absolute atomic E-state index is 0.000354. The average Bonchev–Trinajstić information content (AvgIpc) is 2.27. The van der Waals surface area contributed by atoms with Gasteiger partial charge in [-0.15, -0.1) is 0 Å². The summed E-state index contributed by atoms with van der Waals surface area (Å²) in [7, 11) is 0. The van der Waals surface area contributed by atoms with Gasteiger partial charge in [-0.25, -0.2) is 10.2 Å². The van der Waals surface area contributed by atoms with Gasteiger partial charge in [0.25, 0.3) is 0 Å². The molecule has 0 bridgehead atoms. The molecule has 0 atom stereocenters. The standard InChI is InChI=1S/C13H18N2O4/c1-8(10-7-9(16)5-6-11(10)17)14-15-12(18)19-13(2,3)4/h5-7,16-17H,1-4H3,(H,15,18)/b14-8+. The van der Waals surface area contributed by atoms with E-state index in [9.17, 15) is 15.0 Å². The van der Waals surface area contributed by atoms with Crippen LogP contribution < -0.4 is 5.43 Å². The van der Waals surface area contributed by atoms with Crippen LogP contribution >= 0.6 is 0 Å². The maximum atomic E-state index is 11.4. The molecule has 1 aromatic carbocycles. The second kappa shape index (κ2) is 5.60. The fraction of sp³-hybridized carbons (Fsp3) is 0.385. The second-order valence-corrected chi connectivity index (χ2v) is 5.01. The molecule has 0 aliphatic carbocycles. The molecule has 0 aromatic heterocycles. The van der Waals surface area contributed by atoms with E-state index in [1.54, 1.807) is 27.7 Å². The molecule has 19 heavy (non-hydrogen) atoms. The summed E-state index contributed by atoms with van der Waals surface area (Å²) in [5.41, 5.74) is 2.28. The largest absolute Gasteiger partial charge is 0.508 e. The number of rotatable bonds is 2. The summed E-state index contributed by atoms with van der Waals surface area (Å²) in [6, 6.07) is 4.05. The lowest BCUT2D eigenvalue weighted by atomic mass is 10.1. The Hall–Kier alpha value is -2.24. The molecule has 0 aliphatic heterocycles. The van der Waals surface area contributed by atoms with E-state index >= 15 is 0 Å². The van der Waals surface area contributed by atoms with Gasteiger partial charge < -0.3 is 14.9 Å². The van der Waals surface area contributed by atoms with Crippen molar-refractivity contribution in [1.82, 2.24) is 5.43 Å². The van der Waals surface area contributed by atoms with Crippen LogP contribution in [0, 0.1) is 0 Å². The first kappa shape index (κ1) is 14.8. The van der Waals surface area contributed by atoms with Crippen LogP contribution in [0.3, 0.4) is 0 Å². The number of benzene rings is 1. The number of hydrogen-bond acceptors (Lipinski definition) is 5. The van der Waals surface area contributed by atoms with E-state index in [0.29, 0.717) is 11.3 Å². The number of carbonyl (C=O) groups excluding carboxylic acids is 1. The Balaban J connectivity index is 2.77. The van der Waals surface area contributed by atoms with Crippen molar-refractivity contribution in [2.24, 2.45) is 5.10 Å². The number of nitrogens with zero attached hydrogens (tertiary/aromatic N) is 1. The van der Waals surface area contributed by atoms with Crippen molar-refractivity contribution in [2.75, 3.05) is 0 Å². The summed E-state index contributed by atoms with van der Waals surface area (Å²) >= 11 is 0. The highest BCUT2D eigenvalue weighted by Crippen LogP contribution is 2.22.